The Balaban J connectivity index is 1.45. The minimum atomic E-state index is -0.701. The first-order valence-electron chi connectivity index (χ1n) is 7.45. The standard InChI is InChI=1S/C14H15N5O3S/c1-6(16-13(22)17-14-18-15-5-23-14)19-11(20)9-7-2-3-8(4-7)10(9)12(19)21/h2-3,5-10H,4H2,1H3,(H2,16,17,18,22). The summed E-state index contributed by atoms with van der Waals surface area (Å²) < 4.78 is 0. The number of nitrogens with zero attached hydrogens (tertiary/aromatic N) is 3. The number of anilines is 1. The molecule has 4 rings (SSSR count). The molecule has 1 saturated carbocycles. The number of imide groups is 1. The molecule has 120 valence electrons. The number of hydrogen-bond acceptors (Lipinski definition) is 6. The smallest absolute Gasteiger partial charge is 0.317 e. The predicted molar refractivity (Wildman–Crippen MR) is 81.1 cm³/mol. The Bertz CT molecular complexity index is 673. The largest absolute Gasteiger partial charge is 0.322 e. The fourth-order valence-corrected chi connectivity index (χ4v) is 4.36. The fraction of sp³-hybridized carbons (Fsp3) is 0.500. The zero-order chi connectivity index (χ0) is 16.1. The molecular weight excluding hydrogens is 318 g/mol. The number of carbonyl (C=O) groups excluding carboxylic acids is 3. The number of amides is 4. The highest BCUT2D eigenvalue weighted by atomic mass is 32.1. The van der Waals surface area contributed by atoms with E-state index >= 15 is 0 Å². The molecule has 1 saturated heterocycles. The first-order valence-corrected chi connectivity index (χ1v) is 8.33. The molecule has 0 radical (unpaired) electrons. The summed E-state index contributed by atoms with van der Waals surface area (Å²) in [5.41, 5.74) is 1.50. The molecule has 23 heavy (non-hydrogen) atoms. The van der Waals surface area contributed by atoms with Crippen LogP contribution in [0.25, 0.3) is 0 Å². The maximum absolute atomic E-state index is 12.6. The van der Waals surface area contributed by atoms with Crippen molar-refractivity contribution in [3.05, 3.63) is 17.7 Å². The second-order valence-electron chi connectivity index (χ2n) is 6.06. The van der Waals surface area contributed by atoms with Crippen LogP contribution in [0.4, 0.5) is 9.93 Å². The van der Waals surface area contributed by atoms with Crippen molar-refractivity contribution in [2.45, 2.75) is 19.5 Å². The maximum Gasteiger partial charge on any atom is 0.322 e. The molecule has 8 nitrogen and oxygen atoms in total. The number of fused-ring (bicyclic) bond motifs is 5. The van der Waals surface area contributed by atoms with Crippen molar-refractivity contribution in [2.75, 3.05) is 5.32 Å². The Morgan fingerprint density at radius 3 is 2.52 bits per heavy atom. The van der Waals surface area contributed by atoms with Crippen LogP contribution in [0.15, 0.2) is 17.7 Å². The Morgan fingerprint density at radius 2 is 1.96 bits per heavy atom. The number of likely N-dealkylation sites (tertiary alicyclic amines) is 1. The van der Waals surface area contributed by atoms with Gasteiger partial charge in [-0.2, -0.15) is 0 Å². The molecule has 3 aliphatic rings. The van der Waals surface area contributed by atoms with Crippen LogP contribution in [0.2, 0.25) is 0 Å². The van der Waals surface area contributed by atoms with Crippen LogP contribution in [0.1, 0.15) is 13.3 Å². The van der Waals surface area contributed by atoms with Crippen LogP contribution < -0.4 is 10.6 Å². The normalized spacial score (nSPS) is 32.3. The Labute approximate surface area is 135 Å². The monoisotopic (exact) mass is 333 g/mol. The van der Waals surface area contributed by atoms with E-state index in [1.807, 2.05) is 12.2 Å². The van der Waals surface area contributed by atoms with Gasteiger partial charge in [0.25, 0.3) is 0 Å². The van der Waals surface area contributed by atoms with Gasteiger partial charge in [0, 0.05) is 0 Å². The lowest BCUT2D eigenvalue weighted by atomic mass is 9.85. The highest BCUT2D eigenvalue weighted by Crippen LogP contribution is 2.52. The number of aromatic nitrogens is 2. The van der Waals surface area contributed by atoms with Gasteiger partial charge in [-0.15, -0.1) is 10.2 Å². The molecule has 2 bridgehead atoms. The lowest BCUT2D eigenvalue weighted by Crippen LogP contribution is -2.51. The SMILES string of the molecule is CC(NC(=O)Nc1nncs1)N1C(=O)C2C3C=CC(C3)C2C1=O. The first-order chi connectivity index (χ1) is 11.1. The Hall–Kier alpha value is -2.29. The van der Waals surface area contributed by atoms with Crippen molar-refractivity contribution >= 4 is 34.3 Å². The summed E-state index contributed by atoms with van der Waals surface area (Å²) in [6.45, 7) is 1.63. The molecule has 1 aliphatic heterocycles. The van der Waals surface area contributed by atoms with E-state index in [2.05, 4.69) is 20.8 Å². The topological polar surface area (TPSA) is 104 Å². The number of nitrogens with one attached hydrogen (secondary N) is 2. The molecule has 0 aromatic carbocycles. The van der Waals surface area contributed by atoms with Crippen LogP contribution >= 0.6 is 11.3 Å². The molecule has 1 aromatic rings. The summed E-state index contributed by atoms with van der Waals surface area (Å²) in [6.07, 6.45) is 4.27. The van der Waals surface area contributed by atoms with Gasteiger partial charge < -0.3 is 5.32 Å². The van der Waals surface area contributed by atoms with E-state index in [1.165, 1.54) is 21.7 Å². The van der Waals surface area contributed by atoms with E-state index in [-0.39, 0.29) is 35.5 Å². The van der Waals surface area contributed by atoms with E-state index in [0.717, 1.165) is 6.42 Å². The third kappa shape index (κ3) is 2.14. The number of carbonyl (C=O) groups is 3. The zero-order valence-electron chi connectivity index (χ0n) is 12.3. The van der Waals surface area contributed by atoms with E-state index in [0.29, 0.717) is 5.13 Å². The highest BCUT2D eigenvalue weighted by Gasteiger charge is 2.60. The van der Waals surface area contributed by atoms with Crippen molar-refractivity contribution in [1.29, 1.82) is 0 Å². The lowest BCUT2D eigenvalue weighted by Gasteiger charge is -2.25. The maximum atomic E-state index is 12.6. The van der Waals surface area contributed by atoms with E-state index in [1.54, 1.807) is 6.92 Å². The molecule has 5 unspecified atom stereocenters. The van der Waals surface area contributed by atoms with Crippen molar-refractivity contribution in [3.8, 4) is 0 Å². The third-order valence-corrected chi connectivity index (χ3v) is 5.42. The Morgan fingerprint density at radius 1 is 1.30 bits per heavy atom. The van der Waals surface area contributed by atoms with Crippen LogP contribution in [0.3, 0.4) is 0 Å². The number of allylic oxidation sites excluding steroid dienone is 2. The number of hydrogen-bond donors (Lipinski definition) is 2. The van der Waals surface area contributed by atoms with Crippen LogP contribution in [-0.2, 0) is 9.59 Å². The van der Waals surface area contributed by atoms with Gasteiger partial charge in [-0.3, -0.25) is 19.8 Å². The molecule has 5 atom stereocenters. The van der Waals surface area contributed by atoms with E-state index in [4.69, 9.17) is 0 Å². The second-order valence-corrected chi connectivity index (χ2v) is 6.90. The minimum absolute atomic E-state index is 0.161. The van der Waals surface area contributed by atoms with E-state index in [9.17, 15) is 14.4 Å². The first kappa shape index (κ1) is 14.3. The number of urea groups is 1. The van der Waals surface area contributed by atoms with Crippen LogP contribution in [0, 0.1) is 23.7 Å². The summed E-state index contributed by atoms with van der Waals surface area (Å²) >= 11 is 1.18. The van der Waals surface area contributed by atoms with Crippen LogP contribution in [-0.4, -0.2) is 39.1 Å². The average Bonchev–Trinajstić information content (AvgIpc) is 3.24. The molecule has 0 spiro atoms. The van der Waals surface area contributed by atoms with Gasteiger partial charge in [-0.1, -0.05) is 23.5 Å². The Kier molecular flexibility index (Phi) is 3.19. The van der Waals surface area contributed by atoms with Gasteiger partial charge in [-0.25, -0.2) is 4.79 Å². The molecule has 4 amide bonds. The average molecular weight is 333 g/mol. The predicted octanol–water partition coefficient (Wildman–Crippen LogP) is 0.813. The van der Waals surface area contributed by atoms with Crippen molar-refractivity contribution in [2.24, 2.45) is 23.7 Å². The van der Waals surface area contributed by atoms with Crippen LogP contribution in [0.5, 0.6) is 0 Å². The van der Waals surface area contributed by atoms with Gasteiger partial charge in [0.1, 0.15) is 11.7 Å². The summed E-state index contributed by atoms with van der Waals surface area (Å²) in [5.74, 6) is -0.551. The summed E-state index contributed by atoms with van der Waals surface area (Å²) in [6, 6.07) is -0.520. The van der Waals surface area contributed by atoms with Crippen molar-refractivity contribution < 1.29 is 14.4 Å². The van der Waals surface area contributed by atoms with E-state index < -0.39 is 12.2 Å². The summed E-state index contributed by atoms with van der Waals surface area (Å²) in [7, 11) is 0. The fourth-order valence-electron chi connectivity index (χ4n) is 3.92. The lowest BCUT2D eigenvalue weighted by molar-refractivity contribution is -0.143. The molecular formula is C14H15N5O3S. The quantitative estimate of drug-likeness (QED) is 0.629. The molecule has 9 heteroatoms. The molecule has 1 aromatic heterocycles. The third-order valence-electron chi connectivity index (χ3n) is 4.81. The van der Waals surface area contributed by atoms with Gasteiger partial charge in [0.2, 0.25) is 16.9 Å². The van der Waals surface area contributed by atoms with Gasteiger partial charge in [-0.05, 0) is 25.2 Å². The molecule has 2 fully saturated rings. The summed E-state index contributed by atoms with van der Waals surface area (Å²) in [4.78, 5) is 38.3. The second kappa shape index (κ2) is 5.12. The van der Waals surface area contributed by atoms with Gasteiger partial charge >= 0.3 is 6.03 Å². The summed E-state index contributed by atoms with van der Waals surface area (Å²) in [5, 5.41) is 12.8. The number of rotatable bonds is 3. The van der Waals surface area contributed by atoms with Gasteiger partial charge in [0.05, 0.1) is 11.8 Å². The zero-order valence-corrected chi connectivity index (χ0v) is 13.1. The molecule has 2 heterocycles. The molecule has 2 aliphatic carbocycles. The van der Waals surface area contributed by atoms with Crippen molar-refractivity contribution in [1.82, 2.24) is 20.4 Å². The highest BCUT2D eigenvalue weighted by molar-refractivity contribution is 7.13. The van der Waals surface area contributed by atoms with Gasteiger partial charge in [0.15, 0.2) is 0 Å². The minimum Gasteiger partial charge on any atom is -0.317 e. The van der Waals surface area contributed by atoms with Crippen molar-refractivity contribution in [3.63, 3.8) is 0 Å². The molecule has 2 N–H and O–H groups in total.